The van der Waals surface area contributed by atoms with Crippen molar-refractivity contribution in [1.29, 1.82) is 0 Å². The van der Waals surface area contributed by atoms with Crippen molar-refractivity contribution in [3.63, 3.8) is 0 Å². The van der Waals surface area contributed by atoms with Gasteiger partial charge in [0.15, 0.2) is 12.0 Å². The molecule has 0 amide bonds. The predicted octanol–water partition coefficient (Wildman–Crippen LogP) is 2.78. The summed E-state index contributed by atoms with van der Waals surface area (Å²) in [6, 6.07) is 0. The molecule has 0 bridgehead atoms. The number of methoxy groups -OCH3 is 1. The summed E-state index contributed by atoms with van der Waals surface area (Å²) >= 11 is 0. The molecule has 1 unspecified atom stereocenters. The number of hydrogen-bond acceptors (Lipinski definition) is 2. The van der Waals surface area contributed by atoms with Crippen LogP contribution in [0.1, 0.15) is 27.2 Å². The van der Waals surface area contributed by atoms with Gasteiger partial charge in [-0.1, -0.05) is 27.0 Å². The van der Waals surface area contributed by atoms with Gasteiger partial charge < -0.3 is 9.84 Å². The van der Waals surface area contributed by atoms with E-state index < -0.39 is 5.54 Å². The van der Waals surface area contributed by atoms with E-state index >= 15 is 0 Å². The van der Waals surface area contributed by atoms with E-state index in [9.17, 15) is 5.11 Å². The summed E-state index contributed by atoms with van der Waals surface area (Å²) in [5.74, 6) is 0.152. The molecule has 0 fully saturated rings. The topological polar surface area (TPSA) is 32.5 Å². The Bertz CT molecular complexity index is 318. The molecule has 3 nitrogen and oxygen atoms in total. The molecule has 1 atom stereocenters. The standard InChI is InChI=1S/C14H25NO2/c1-8-10-15(6)14(5,12(2)16)13(3,4)9-11-17-7/h8,10H,1-2,9,11H2,3-7H3/p+1. The fourth-order valence-electron chi connectivity index (χ4n) is 1.98. The van der Waals surface area contributed by atoms with E-state index in [1.165, 1.54) is 0 Å². The number of likely N-dealkylation sites (N-methyl/N-ethyl adjacent to an activating group) is 1. The first-order valence-electron chi connectivity index (χ1n) is 5.80. The first-order valence-corrected chi connectivity index (χ1v) is 5.80. The zero-order chi connectivity index (χ0) is 13.7. The van der Waals surface area contributed by atoms with Gasteiger partial charge in [0.25, 0.3) is 0 Å². The summed E-state index contributed by atoms with van der Waals surface area (Å²) in [5.41, 5.74) is -0.733. The van der Waals surface area contributed by atoms with Gasteiger partial charge in [0.05, 0.1) is 0 Å². The van der Waals surface area contributed by atoms with Gasteiger partial charge in [0.2, 0.25) is 5.54 Å². The Morgan fingerprint density at radius 1 is 1.41 bits per heavy atom. The SMILES string of the molecule is C=CC=[N+](C)C(C)(C(=C)O)C(C)(C)CCOC. The molecule has 0 aliphatic heterocycles. The average molecular weight is 240 g/mol. The molecule has 0 aromatic carbocycles. The van der Waals surface area contributed by atoms with Crippen molar-refractivity contribution in [2.24, 2.45) is 5.41 Å². The lowest BCUT2D eigenvalue weighted by molar-refractivity contribution is -0.588. The van der Waals surface area contributed by atoms with Crippen LogP contribution in [-0.4, -0.2) is 42.2 Å². The lowest BCUT2D eigenvalue weighted by Gasteiger charge is -2.39. The third kappa shape index (κ3) is 3.19. The van der Waals surface area contributed by atoms with Crippen LogP contribution in [-0.2, 0) is 4.74 Å². The number of allylic oxidation sites excluding steroid dienone is 1. The monoisotopic (exact) mass is 240 g/mol. The Hall–Kier alpha value is -1.09. The van der Waals surface area contributed by atoms with E-state index in [4.69, 9.17) is 4.74 Å². The quantitative estimate of drug-likeness (QED) is 0.421. The molecule has 0 rings (SSSR count). The summed E-state index contributed by atoms with van der Waals surface area (Å²) in [7, 11) is 3.60. The van der Waals surface area contributed by atoms with Crippen molar-refractivity contribution in [2.75, 3.05) is 20.8 Å². The van der Waals surface area contributed by atoms with E-state index in [1.54, 1.807) is 13.2 Å². The van der Waals surface area contributed by atoms with Crippen LogP contribution in [0.15, 0.2) is 25.0 Å². The highest BCUT2D eigenvalue weighted by molar-refractivity contribution is 5.65. The number of rotatable bonds is 7. The molecule has 0 heterocycles. The maximum Gasteiger partial charge on any atom is 0.220 e. The van der Waals surface area contributed by atoms with E-state index in [2.05, 4.69) is 27.0 Å². The van der Waals surface area contributed by atoms with E-state index in [0.717, 1.165) is 6.42 Å². The lowest BCUT2D eigenvalue weighted by Crippen LogP contribution is -2.52. The molecule has 0 saturated carbocycles. The van der Waals surface area contributed by atoms with Gasteiger partial charge in [-0.05, 0) is 12.5 Å². The third-order valence-electron chi connectivity index (χ3n) is 3.85. The minimum atomic E-state index is -0.556. The molecule has 0 aromatic heterocycles. The first kappa shape index (κ1) is 15.9. The molecule has 0 spiro atoms. The highest BCUT2D eigenvalue weighted by Crippen LogP contribution is 2.40. The van der Waals surface area contributed by atoms with E-state index in [-0.39, 0.29) is 11.2 Å². The van der Waals surface area contributed by atoms with Crippen LogP contribution in [0.3, 0.4) is 0 Å². The number of aliphatic hydroxyl groups is 1. The van der Waals surface area contributed by atoms with E-state index in [0.29, 0.717) is 6.61 Å². The summed E-state index contributed by atoms with van der Waals surface area (Å²) in [6.07, 6.45) is 4.37. The lowest BCUT2D eigenvalue weighted by atomic mass is 9.70. The Balaban J connectivity index is 5.41. The molecular weight excluding hydrogens is 214 g/mol. The van der Waals surface area contributed by atoms with E-state index in [1.807, 2.05) is 24.8 Å². The van der Waals surface area contributed by atoms with Crippen LogP contribution in [0.4, 0.5) is 0 Å². The highest BCUT2D eigenvalue weighted by Gasteiger charge is 2.51. The Labute approximate surface area is 105 Å². The predicted molar refractivity (Wildman–Crippen MR) is 72.9 cm³/mol. The second kappa shape index (κ2) is 6.01. The smallest absolute Gasteiger partial charge is 0.220 e. The second-order valence-corrected chi connectivity index (χ2v) is 5.14. The highest BCUT2D eigenvalue weighted by atomic mass is 16.5. The summed E-state index contributed by atoms with van der Waals surface area (Å²) in [6.45, 7) is 14.2. The van der Waals surface area contributed by atoms with Crippen LogP contribution >= 0.6 is 0 Å². The Morgan fingerprint density at radius 3 is 2.29 bits per heavy atom. The van der Waals surface area contributed by atoms with Crippen LogP contribution in [0.5, 0.6) is 0 Å². The van der Waals surface area contributed by atoms with Gasteiger partial charge in [0.1, 0.15) is 7.05 Å². The molecule has 0 saturated heterocycles. The van der Waals surface area contributed by atoms with Crippen LogP contribution in [0, 0.1) is 5.41 Å². The van der Waals surface area contributed by atoms with Gasteiger partial charge in [-0.2, -0.15) is 0 Å². The number of ether oxygens (including phenoxy) is 1. The van der Waals surface area contributed by atoms with Crippen LogP contribution < -0.4 is 0 Å². The van der Waals surface area contributed by atoms with Crippen molar-refractivity contribution < 1.29 is 14.4 Å². The van der Waals surface area contributed by atoms with Gasteiger partial charge in [-0.15, -0.1) is 0 Å². The van der Waals surface area contributed by atoms with Crippen molar-refractivity contribution in [3.8, 4) is 0 Å². The zero-order valence-electron chi connectivity index (χ0n) is 11.8. The molecule has 0 aromatic rings. The zero-order valence-corrected chi connectivity index (χ0v) is 11.8. The summed E-state index contributed by atoms with van der Waals surface area (Å²) < 4.78 is 7.07. The van der Waals surface area contributed by atoms with Crippen molar-refractivity contribution in [2.45, 2.75) is 32.7 Å². The molecule has 17 heavy (non-hydrogen) atoms. The maximum absolute atomic E-state index is 9.97. The average Bonchev–Trinajstić information content (AvgIpc) is 2.24. The molecule has 0 radical (unpaired) electrons. The number of aliphatic hydroxyl groups excluding tert-OH is 1. The fraction of sp³-hybridized carbons (Fsp3) is 0.643. The Morgan fingerprint density at radius 2 is 1.94 bits per heavy atom. The van der Waals surface area contributed by atoms with Gasteiger partial charge in [-0.3, -0.25) is 0 Å². The molecule has 0 aliphatic carbocycles. The molecule has 1 N–H and O–H groups in total. The van der Waals surface area contributed by atoms with Crippen LogP contribution in [0.2, 0.25) is 0 Å². The molecule has 3 heteroatoms. The summed E-state index contributed by atoms with van der Waals surface area (Å²) in [5, 5.41) is 9.97. The van der Waals surface area contributed by atoms with Crippen LogP contribution in [0.25, 0.3) is 0 Å². The summed E-state index contributed by atoms with van der Waals surface area (Å²) in [4.78, 5) is 0. The minimum absolute atomic E-state index is 0.152. The molecule has 0 aliphatic rings. The van der Waals surface area contributed by atoms with Gasteiger partial charge in [0, 0.05) is 26.1 Å². The molecule has 98 valence electrons. The van der Waals surface area contributed by atoms with Gasteiger partial charge in [-0.25, -0.2) is 4.58 Å². The number of hydrogen-bond donors (Lipinski definition) is 1. The Kier molecular flexibility index (Phi) is 5.62. The fourth-order valence-corrected chi connectivity index (χ4v) is 1.98. The molecular formula is C14H26NO2+. The first-order chi connectivity index (χ1) is 7.74. The maximum atomic E-state index is 9.97. The minimum Gasteiger partial charge on any atom is -0.506 e. The second-order valence-electron chi connectivity index (χ2n) is 5.14. The third-order valence-corrected chi connectivity index (χ3v) is 3.85. The normalized spacial score (nSPS) is 16.4. The van der Waals surface area contributed by atoms with Crippen molar-refractivity contribution in [3.05, 3.63) is 25.0 Å². The van der Waals surface area contributed by atoms with Gasteiger partial charge >= 0.3 is 0 Å². The largest absolute Gasteiger partial charge is 0.506 e. The van der Waals surface area contributed by atoms with Crippen molar-refractivity contribution >= 4 is 6.21 Å². The number of nitrogens with zero attached hydrogens (tertiary/aromatic N) is 1. The van der Waals surface area contributed by atoms with Crippen molar-refractivity contribution in [1.82, 2.24) is 0 Å².